The van der Waals surface area contributed by atoms with Gasteiger partial charge < -0.3 is 14.7 Å². The van der Waals surface area contributed by atoms with Crippen molar-refractivity contribution in [1.82, 2.24) is 0 Å². The number of rotatable bonds is 6. The average Bonchev–Trinajstić information content (AvgIpc) is 2.35. The van der Waals surface area contributed by atoms with Gasteiger partial charge in [-0.3, -0.25) is 0 Å². The average molecular weight is 255 g/mol. The first-order valence-corrected chi connectivity index (χ1v) is 6.06. The molecule has 1 aromatic rings. The van der Waals surface area contributed by atoms with Crippen LogP contribution in [0.5, 0.6) is 0 Å². The van der Waals surface area contributed by atoms with Crippen molar-refractivity contribution >= 4 is 5.69 Å². The van der Waals surface area contributed by atoms with Crippen LogP contribution in [0, 0.1) is 5.82 Å². The molecule has 0 aliphatic carbocycles. The quantitative estimate of drug-likeness (QED) is 0.847. The molecule has 0 aromatic heterocycles. The van der Waals surface area contributed by atoms with Crippen LogP contribution in [0.25, 0.3) is 0 Å². The topological polar surface area (TPSA) is 32.7 Å². The third-order valence-electron chi connectivity index (χ3n) is 3.32. The number of halogens is 1. The summed E-state index contributed by atoms with van der Waals surface area (Å²) in [5, 5.41) is 10.0. The lowest BCUT2D eigenvalue weighted by atomic mass is 9.98. The molecule has 1 aromatic carbocycles. The first kappa shape index (κ1) is 14.9. The molecular formula is C14H22FNO2. The Morgan fingerprint density at radius 2 is 2.11 bits per heavy atom. The van der Waals surface area contributed by atoms with Crippen LogP contribution < -0.4 is 4.90 Å². The standard InChI is InChI=1S/C14H22FNO2/c1-14(2,18-4)13(17)8-9-16(3)12-7-5-6-11(15)10-12/h5-7,10,13,17H,8-9H2,1-4H3. The van der Waals surface area contributed by atoms with E-state index in [2.05, 4.69) is 0 Å². The smallest absolute Gasteiger partial charge is 0.125 e. The van der Waals surface area contributed by atoms with E-state index >= 15 is 0 Å². The van der Waals surface area contributed by atoms with Crippen LogP contribution in [0.1, 0.15) is 20.3 Å². The second kappa shape index (κ2) is 6.16. The molecule has 3 nitrogen and oxygen atoms in total. The third kappa shape index (κ3) is 3.96. The Morgan fingerprint density at radius 1 is 1.44 bits per heavy atom. The Labute approximate surface area is 108 Å². The maximum atomic E-state index is 13.1. The number of hydrogen-bond donors (Lipinski definition) is 1. The van der Waals surface area contributed by atoms with Crippen LogP contribution in [0.15, 0.2) is 24.3 Å². The third-order valence-corrected chi connectivity index (χ3v) is 3.32. The zero-order chi connectivity index (χ0) is 13.8. The zero-order valence-corrected chi connectivity index (χ0v) is 11.5. The van der Waals surface area contributed by atoms with Crippen LogP contribution in [0.2, 0.25) is 0 Å². The van der Waals surface area contributed by atoms with E-state index in [0.717, 1.165) is 5.69 Å². The van der Waals surface area contributed by atoms with Crippen molar-refractivity contribution in [3.63, 3.8) is 0 Å². The normalized spacial score (nSPS) is 13.4. The van der Waals surface area contributed by atoms with E-state index < -0.39 is 11.7 Å². The highest BCUT2D eigenvalue weighted by Crippen LogP contribution is 2.19. The molecule has 0 aliphatic heterocycles. The minimum Gasteiger partial charge on any atom is -0.390 e. The van der Waals surface area contributed by atoms with E-state index in [1.165, 1.54) is 12.1 Å². The molecule has 0 saturated heterocycles. The number of aliphatic hydroxyl groups excluding tert-OH is 1. The minimum atomic E-state index is -0.567. The summed E-state index contributed by atoms with van der Waals surface area (Å²) in [5.74, 6) is -0.253. The maximum absolute atomic E-state index is 13.1. The van der Waals surface area contributed by atoms with Crippen molar-refractivity contribution in [3.05, 3.63) is 30.1 Å². The van der Waals surface area contributed by atoms with Gasteiger partial charge in [0, 0.05) is 26.4 Å². The molecule has 0 saturated carbocycles. The van der Waals surface area contributed by atoms with Gasteiger partial charge >= 0.3 is 0 Å². The van der Waals surface area contributed by atoms with E-state index in [0.29, 0.717) is 13.0 Å². The fraction of sp³-hybridized carbons (Fsp3) is 0.571. The van der Waals surface area contributed by atoms with Crippen LogP contribution in [0.4, 0.5) is 10.1 Å². The number of ether oxygens (including phenoxy) is 1. The van der Waals surface area contributed by atoms with Crippen molar-refractivity contribution in [3.8, 4) is 0 Å². The number of methoxy groups -OCH3 is 1. The van der Waals surface area contributed by atoms with Crippen LogP contribution in [0.3, 0.4) is 0 Å². The van der Waals surface area contributed by atoms with Gasteiger partial charge in [-0.1, -0.05) is 6.07 Å². The lowest BCUT2D eigenvalue weighted by molar-refractivity contribution is -0.0790. The first-order valence-electron chi connectivity index (χ1n) is 6.06. The summed E-state index contributed by atoms with van der Waals surface area (Å²) in [5.41, 5.74) is 0.236. The molecule has 0 spiro atoms. The van der Waals surface area contributed by atoms with Gasteiger partial charge in [0.25, 0.3) is 0 Å². The Kier molecular flexibility index (Phi) is 5.11. The minimum absolute atomic E-state index is 0.253. The number of aliphatic hydroxyl groups is 1. The van der Waals surface area contributed by atoms with Crippen LogP contribution >= 0.6 is 0 Å². The Balaban J connectivity index is 2.54. The van der Waals surface area contributed by atoms with E-state index in [9.17, 15) is 9.50 Å². The first-order chi connectivity index (χ1) is 8.36. The molecular weight excluding hydrogens is 233 g/mol. The van der Waals surface area contributed by atoms with E-state index in [4.69, 9.17) is 4.74 Å². The van der Waals surface area contributed by atoms with Gasteiger partial charge in [0.15, 0.2) is 0 Å². The van der Waals surface area contributed by atoms with Gasteiger partial charge in [-0.05, 0) is 38.5 Å². The van der Waals surface area contributed by atoms with E-state index in [1.54, 1.807) is 13.2 Å². The van der Waals surface area contributed by atoms with Crippen molar-refractivity contribution in [2.75, 3.05) is 25.6 Å². The summed E-state index contributed by atoms with van der Waals surface area (Å²) in [6.07, 6.45) is 0.00641. The lowest BCUT2D eigenvalue weighted by Crippen LogP contribution is -2.40. The number of anilines is 1. The fourth-order valence-corrected chi connectivity index (χ4v) is 1.64. The van der Waals surface area contributed by atoms with Gasteiger partial charge in [-0.2, -0.15) is 0 Å². The highest BCUT2D eigenvalue weighted by atomic mass is 19.1. The molecule has 18 heavy (non-hydrogen) atoms. The molecule has 0 aliphatic rings. The molecule has 4 heteroatoms. The van der Waals surface area contributed by atoms with Gasteiger partial charge in [0.1, 0.15) is 5.82 Å². The second-order valence-electron chi connectivity index (χ2n) is 5.01. The molecule has 0 heterocycles. The van der Waals surface area contributed by atoms with E-state index in [1.807, 2.05) is 31.9 Å². The van der Waals surface area contributed by atoms with Crippen molar-refractivity contribution in [1.29, 1.82) is 0 Å². The summed E-state index contributed by atoms with van der Waals surface area (Å²) in [7, 11) is 3.46. The van der Waals surface area contributed by atoms with Gasteiger partial charge in [0.2, 0.25) is 0 Å². The molecule has 0 amide bonds. The summed E-state index contributed by atoms with van der Waals surface area (Å²) in [6.45, 7) is 4.33. The molecule has 1 atom stereocenters. The van der Waals surface area contributed by atoms with Gasteiger partial charge in [-0.15, -0.1) is 0 Å². The van der Waals surface area contributed by atoms with Crippen LogP contribution in [-0.2, 0) is 4.74 Å². The van der Waals surface area contributed by atoms with Crippen molar-refractivity contribution < 1.29 is 14.2 Å². The Bertz CT molecular complexity index is 382. The molecule has 0 bridgehead atoms. The number of nitrogens with zero attached hydrogens (tertiary/aromatic N) is 1. The molecule has 1 unspecified atom stereocenters. The summed E-state index contributed by atoms with van der Waals surface area (Å²) >= 11 is 0. The second-order valence-corrected chi connectivity index (χ2v) is 5.01. The Morgan fingerprint density at radius 3 is 2.67 bits per heavy atom. The molecule has 0 radical (unpaired) electrons. The summed E-state index contributed by atoms with van der Waals surface area (Å²) < 4.78 is 18.3. The van der Waals surface area contributed by atoms with E-state index in [-0.39, 0.29) is 5.82 Å². The number of hydrogen-bond acceptors (Lipinski definition) is 3. The predicted molar refractivity (Wildman–Crippen MR) is 71.4 cm³/mol. The SMILES string of the molecule is COC(C)(C)C(O)CCN(C)c1cccc(F)c1. The lowest BCUT2D eigenvalue weighted by Gasteiger charge is -2.30. The molecule has 1 rings (SSSR count). The summed E-state index contributed by atoms with van der Waals surface area (Å²) in [4.78, 5) is 1.91. The number of benzene rings is 1. The predicted octanol–water partition coefficient (Wildman–Crippen LogP) is 2.44. The monoisotopic (exact) mass is 255 g/mol. The highest BCUT2D eigenvalue weighted by Gasteiger charge is 2.27. The van der Waals surface area contributed by atoms with Gasteiger partial charge in [0.05, 0.1) is 11.7 Å². The molecule has 0 fully saturated rings. The fourth-order valence-electron chi connectivity index (χ4n) is 1.64. The van der Waals surface area contributed by atoms with Gasteiger partial charge in [-0.25, -0.2) is 4.39 Å². The summed E-state index contributed by atoms with van der Waals surface area (Å²) in [6, 6.07) is 6.42. The largest absolute Gasteiger partial charge is 0.390 e. The molecule has 1 N–H and O–H groups in total. The Hall–Kier alpha value is -1.13. The zero-order valence-electron chi connectivity index (χ0n) is 11.5. The highest BCUT2D eigenvalue weighted by molar-refractivity contribution is 5.45. The van der Waals surface area contributed by atoms with Crippen molar-refractivity contribution in [2.24, 2.45) is 0 Å². The van der Waals surface area contributed by atoms with Crippen molar-refractivity contribution in [2.45, 2.75) is 32.0 Å². The van der Waals surface area contributed by atoms with Crippen LogP contribution in [-0.4, -0.2) is 37.5 Å². The maximum Gasteiger partial charge on any atom is 0.125 e. The molecule has 102 valence electrons.